The molecule has 2 heterocycles. The van der Waals surface area contributed by atoms with Gasteiger partial charge < -0.3 is 5.32 Å². The predicted molar refractivity (Wildman–Crippen MR) is 90.4 cm³/mol. The number of nitrogens with one attached hydrogen (secondary N) is 1. The first-order valence-corrected chi connectivity index (χ1v) is 8.68. The number of rotatable bonds is 4. The smallest absolute Gasteiger partial charge is 0.0767 e. The van der Waals surface area contributed by atoms with Crippen LogP contribution in [0.2, 0.25) is 0 Å². The van der Waals surface area contributed by atoms with Gasteiger partial charge in [-0.1, -0.05) is 18.2 Å². The van der Waals surface area contributed by atoms with Crippen LogP contribution in [0.3, 0.4) is 0 Å². The molecule has 0 fully saturated rings. The maximum atomic E-state index is 4.67. The molecule has 0 aliphatic heterocycles. The van der Waals surface area contributed by atoms with Gasteiger partial charge in [-0.25, -0.2) is 4.68 Å². The lowest BCUT2D eigenvalue weighted by Crippen LogP contribution is -2.24. The average molecular weight is 309 g/mol. The zero-order chi connectivity index (χ0) is 14.8. The van der Waals surface area contributed by atoms with E-state index in [9.17, 15) is 0 Å². The lowest BCUT2D eigenvalue weighted by atomic mass is 9.94. The summed E-state index contributed by atoms with van der Waals surface area (Å²) in [6, 6.07) is 15.1. The van der Waals surface area contributed by atoms with Gasteiger partial charge in [0.2, 0.25) is 0 Å². The van der Waals surface area contributed by atoms with E-state index >= 15 is 0 Å². The molecular formula is C18H19N3S. The monoisotopic (exact) mass is 309 g/mol. The Balaban J connectivity index is 1.44. The van der Waals surface area contributed by atoms with Crippen molar-refractivity contribution in [3.05, 3.63) is 70.2 Å². The number of hydrogen-bond acceptors (Lipinski definition) is 3. The van der Waals surface area contributed by atoms with Gasteiger partial charge in [0.15, 0.2) is 0 Å². The first kappa shape index (κ1) is 13.7. The number of hydrogen-bond donors (Lipinski definition) is 1. The van der Waals surface area contributed by atoms with Gasteiger partial charge >= 0.3 is 0 Å². The Labute approximate surface area is 134 Å². The lowest BCUT2D eigenvalue weighted by molar-refractivity contribution is 0.459. The molecule has 0 radical (unpaired) electrons. The van der Waals surface area contributed by atoms with E-state index in [2.05, 4.69) is 40.1 Å². The van der Waals surface area contributed by atoms with Gasteiger partial charge in [-0.15, -0.1) is 11.3 Å². The third kappa shape index (κ3) is 2.72. The third-order valence-electron chi connectivity index (χ3n) is 4.25. The summed E-state index contributed by atoms with van der Waals surface area (Å²) >= 11 is 1.89. The average Bonchev–Trinajstić information content (AvgIpc) is 3.23. The SMILES string of the molecule is c1ccc(-n2ccc(CNC3CCCc4sccc43)n2)cc1. The fraction of sp³-hybridized carbons (Fsp3) is 0.278. The van der Waals surface area contributed by atoms with Crippen molar-refractivity contribution in [2.75, 3.05) is 0 Å². The zero-order valence-electron chi connectivity index (χ0n) is 12.4. The molecule has 0 saturated heterocycles. The molecule has 1 unspecified atom stereocenters. The molecule has 1 aliphatic carbocycles. The number of benzene rings is 1. The summed E-state index contributed by atoms with van der Waals surface area (Å²) < 4.78 is 1.94. The topological polar surface area (TPSA) is 29.9 Å². The Hall–Kier alpha value is -1.91. The number of para-hydroxylation sites is 1. The van der Waals surface area contributed by atoms with E-state index in [-0.39, 0.29) is 0 Å². The maximum absolute atomic E-state index is 4.67. The van der Waals surface area contributed by atoms with E-state index in [1.165, 1.54) is 24.8 Å². The first-order valence-electron chi connectivity index (χ1n) is 7.80. The van der Waals surface area contributed by atoms with Gasteiger partial charge in [0.25, 0.3) is 0 Å². The first-order chi connectivity index (χ1) is 10.9. The lowest BCUT2D eigenvalue weighted by Gasteiger charge is -2.23. The van der Waals surface area contributed by atoms with Crippen molar-refractivity contribution in [1.29, 1.82) is 0 Å². The van der Waals surface area contributed by atoms with Crippen molar-refractivity contribution in [3.63, 3.8) is 0 Å². The fourth-order valence-electron chi connectivity index (χ4n) is 3.11. The van der Waals surface area contributed by atoms with Crippen LogP contribution >= 0.6 is 11.3 Å². The number of fused-ring (bicyclic) bond motifs is 1. The molecule has 0 spiro atoms. The largest absolute Gasteiger partial charge is 0.304 e. The zero-order valence-corrected chi connectivity index (χ0v) is 13.2. The number of thiophene rings is 1. The molecule has 3 aromatic rings. The van der Waals surface area contributed by atoms with Crippen molar-refractivity contribution in [3.8, 4) is 5.69 Å². The second-order valence-electron chi connectivity index (χ2n) is 5.71. The summed E-state index contributed by atoms with van der Waals surface area (Å²) in [5, 5.41) is 10.6. The number of aryl methyl sites for hydroxylation is 1. The molecule has 1 aromatic carbocycles. The molecule has 0 saturated carbocycles. The summed E-state index contributed by atoms with van der Waals surface area (Å²) in [6.07, 6.45) is 5.78. The quantitative estimate of drug-likeness (QED) is 0.786. The van der Waals surface area contributed by atoms with Gasteiger partial charge in [-0.05, 0) is 54.5 Å². The van der Waals surface area contributed by atoms with E-state index in [1.54, 1.807) is 4.88 Å². The minimum Gasteiger partial charge on any atom is -0.304 e. The molecule has 22 heavy (non-hydrogen) atoms. The van der Waals surface area contributed by atoms with E-state index in [1.807, 2.05) is 40.4 Å². The van der Waals surface area contributed by atoms with Gasteiger partial charge in [-0.2, -0.15) is 5.10 Å². The number of aromatic nitrogens is 2. The summed E-state index contributed by atoms with van der Waals surface area (Å²) in [5.74, 6) is 0. The van der Waals surface area contributed by atoms with Crippen LogP contribution in [0.1, 0.15) is 35.0 Å². The summed E-state index contributed by atoms with van der Waals surface area (Å²) in [6.45, 7) is 0.819. The molecule has 1 aliphatic rings. The molecule has 3 nitrogen and oxygen atoms in total. The van der Waals surface area contributed by atoms with E-state index in [0.717, 1.165) is 17.9 Å². The summed E-state index contributed by atoms with van der Waals surface area (Å²) in [5.41, 5.74) is 3.69. The second kappa shape index (κ2) is 6.07. The number of nitrogens with zero attached hydrogens (tertiary/aromatic N) is 2. The van der Waals surface area contributed by atoms with Crippen molar-refractivity contribution in [2.45, 2.75) is 31.8 Å². The van der Waals surface area contributed by atoms with Crippen molar-refractivity contribution >= 4 is 11.3 Å². The van der Waals surface area contributed by atoms with Gasteiger partial charge in [0.05, 0.1) is 11.4 Å². The highest BCUT2D eigenvalue weighted by atomic mass is 32.1. The van der Waals surface area contributed by atoms with Crippen LogP contribution in [0.5, 0.6) is 0 Å². The van der Waals surface area contributed by atoms with Gasteiger partial charge in [-0.3, -0.25) is 0 Å². The van der Waals surface area contributed by atoms with Crippen LogP contribution in [0, 0.1) is 0 Å². The standard InChI is InChI=1S/C18H19N3S/c1-2-5-15(6-3-1)21-11-9-14(20-21)13-19-17-7-4-8-18-16(17)10-12-22-18/h1-3,5-6,9-12,17,19H,4,7-8,13H2. The Morgan fingerprint density at radius 3 is 3.00 bits per heavy atom. The summed E-state index contributed by atoms with van der Waals surface area (Å²) in [7, 11) is 0. The van der Waals surface area contributed by atoms with Crippen LogP contribution in [-0.2, 0) is 13.0 Å². The molecule has 4 heteroatoms. The van der Waals surface area contributed by atoms with Crippen LogP contribution in [0.4, 0.5) is 0 Å². The van der Waals surface area contributed by atoms with Crippen molar-refractivity contribution in [2.24, 2.45) is 0 Å². The minimum atomic E-state index is 0.483. The molecule has 1 atom stereocenters. The molecule has 1 N–H and O–H groups in total. The minimum absolute atomic E-state index is 0.483. The predicted octanol–water partition coefficient (Wildman–Crippen LogP) is 4.10. The molecule has 112 valence electrons. The van der Waals surface area contributed by atoms with Gasteiger partial charge in [0, 0.05) is 23.7 Å². The molecular weight excluding hydrogens is 290 g/mol. The Morgan fingerprint density at radius 1 is 1.18 bits per heavy atom. The maximum Gasteiger partial charge on any atom is 0.0767 e. The fourth-order valence-corrected chi connectivity index (χ4v) is 4.09. The van der Waals surface area contributed by atoms with E-state index in [4.69, 9.17) is 0 Å². The van der Waals surface area contributed by atoms with E-state index < -0.39 is 0 Å². The summed E-state index contributed by atoms with van der Waals surface area (Å²) in [4.78, 5) is 1.55. The van der Waals surface area contributed by atoms with Crippen LogP contribution in [0.25, 0.3) is 5.69 Å². The Bertz CT molecular complexity index is 745. The molecule has 2 aromatic heterocycles. The van der Waals surface area contributed by atoms with E-state index in [0.29, 0.717) is 6.04 Å². The highest BCUT2D eigenvalue weighted by molar-refractivity contribution is 7.10. The van der Waals surface area contributed by atoms with Crippen LogP contribution < -0.4 is 5.32 Å². The molecule has 0 amide bonds. The Morgan fingerprint density at radius 2 is 2.09 bits per heavy atom. The van der Waals surface area contributed by atoms with Gasteiger partial charge in [0.1, 0.15) is 0 Å². The molecule has 4 rings (SSSR count). The highest BCUT2D eigenvalue weighted by Gasteiger charge is 2.20. The van der Waals surface area contributed by atoms with Crippen molar-refractivity contribution < 1.29 is 0 Å². The third-order valence-corrected chi connectivity index (χ3v) is 5.24. The van der Waals surface area contributed by atoms with Crippen LogP contribution in [-0.4, -0.2) is 9.78 Å². The van der Waals surface area contributed by atoms with Crippen LogP contribution in [0.15, 0.2) is 54.0 Å². The highest BCUT2D eigenvalue weighted by Crippen LogP contribution is 2.33. The van der Waals surface area contributed by atoms with Crippen molar-refractivity contribution in [1.82, 2.24) is 15.1 Å². The second-order valence-corrected chi connectivity index (χ2v) is 6.71. The normalized spacial score (nSPS) is 17.4. The Kier molecular flexibility index (Phi) is 3.79. The molecule has 0 bridgehead atoms.